The van der Waals surface area contributed by atoms with Crippen LogP contribution in [-0.4, -0.2) is 24.8 Å². The minimum absolute atomic E-state index is 0.264. The summed E-state index contributed by atoms with van der Waals surface area (Å²) in [6.07, 6.45) is 0. The van der Waals surface area contributed by atoms with Crippen LogP contribution in [0, 0.1) is 0 Å². The van der Waals surface area contributed by atoms with Crippen LogP contribution in [-0.2, 0) is 16.1 Å². The van der Waals surface area contributed by atoms with Crippen molar-refractivity contribution in [2.75, 3.05) is 13.7 Å². The van der Waals surface area contributed by atoms with E-state index in [-0.39, 0.29) is 6.61 Å². The van der Waals surface area contributed by atoms with E-state index in [2.05, 4.69) is 10.6 Å². The molecular weight excluding hydrogens is 555 g/mol. The number of methoxy groups -OCH3 is 1. The van der Waals surface area contributed by atoms with Crippen LogP contribution in [0.4, 0.5) is 0 Å². The minimum atomic E-state index is -0.602. The summed E-state index contributed by atoms with van der Waals surface area (Å²) >= 11 is 23.7. The van der Waals surface area contributed by atoms with E-state index in [1.165, 1.54) is 7.11 Å². The molecule has 0 bridgehead atoms. The average Bonchev–Trinajstić information content (AvgIpc) is 2.89. The third-order valence-corrected chi connectivity index (χ3v) is 6.80. The fourth-order valence-corrected chi connectivity index (χ4v) is 4.54. The molecule has 1 aliphatic rings. The zero-order valence-corrected chi connectivity index (χ0v) is 23.0. The topological polar surface area (TPSA) is 68.8 Å². The van der Waals surface area contributed by atoms with Gasteiger partial charge in [0.05, 0.1) is 41.1 Å². The van der Waals surface area contributed by atoms with Gasteiger partial charge >= 0.3 is 5.97 Å². The van der Waals surface area contributed by atoms with Crippen LogP contribution in [0.2, 0.25) is 15.1 Å². The zero-order valence-electron chi connectivity index (χ0n) is 19.9. The number of hydrogen-bond acceptors (Lipinski definition) is 5. The highest BCUT2D eigenvalue weighted by Crippen LogP contribution is 2.37. The van der Waals surface area contributed by atoms with Gasteiger partial charge in [-0.2, -0.15) is 0 Å². The Labute approximate surface area is 235 Å². The summed E-state index contributed by atoms with van der Waals surface area (Å²) in [6, 6.07) is 17.3. The number of benzene rings is 3. The van der Waals surface area contributed by atoms with Crippen LogP contribution in [0.25, 0.3) is 5.70 Å². The molecule has 2 N–H and O–H groups in total. The van der Waals surface area contributed by atoms with Gasteiger partial charge in [-0.05, 0) is 72.2 Å². The van der Waals surface area contributed by atoms with Crippen LogP contribution in [0.1, 0.15) is 29.7 Å². The second-order valence-electron chi connectivity index (χ2n) is 7.99. The summed E-state index contributed by atoms with van der Waals surface area (Å²) in [7, 11) is 1.34. The molecule has 1 aliphatic heterocycles. The third kappa shape index (κ3) is 6.30. The molecule has 0 radical (unpaired) electrons. The number of nitrogens with one attached hydrogen (secondary N) is 2. The van der Waals surface area contributed by atoms with Crippen molar-refractivity contribution >= 4 is 63.8 Å². The molecule has 192 valence electrons. The lowest BCUT2D eigenvalue weighted by Gasteiger charge is -2.31. The van der Waals surface area contributed by atoms with Crippen molar-refractivity contribution < 1.29 is 19.0 Å². The lowest BCUT2D eigenvalue weighted by molar-refractivity contribution is -0.136. The minimum Gasteiger partial charge on any atom is -0.490 e. The Bertz CT molecular complexity index is 1360. The van der Waals surface area contributed by atoms with Gasteiger partial charge in [-0.25, -0.2) is 4.79 Å². The Morgan fingerprint density at radius 1 is 0.946 bits per heavy atom. The standard InChI is InChI=1S/C27H23Cl3N2O4S/c1-3-35-22-13-17(7-11-21(22)36-14-15-4-10-19(29)20(30)12-15)25-23(26(33)34-2)24(31-27(37)32-25)16-5-8-18(28)9-6-16/h4-13,25H,3,14H2,1-2H3,(H2,31,32,37)/t25-/m0/s1. The van der Waals surface area contributed by atoms with Crippen molar-refractivity contribution in [3.63, 3.8) is 0 Å². The largest absolute Gasteiger partial charge is 0.490 e. The Balaban J connectivity index is 1.71. The van der Waals surface area contributed by atoms with Gasteiger partial charge in [0, 0.05) is 5.02 Å². The van der Waals surface area contributed by atoms with Gasteiger partial charge in [-0.1, -0.05) is 59.1 Å². The summed E-state index contributed by atoms with van der Waals surface area (Å²) in [4.78, 5) is 13.0. The van der Waals surface area contributed by atoms with Gasteiger partial charge in [0.25, 0.3) is 0 Å². The lowest BCUT2D eigenvalue weighted by Crippen LogP contribution is -2.45. The average molecular weight is 578 g/mol. The van der Waals surface area contributed by atoms with E-state index in [4.69, 9.17) is 61.2 Å². The summed E-state index contributed by atoms with van der Waals surface area (Å²) in [6.45, 7) is 2.56. The quantitative estimate of drug-likeness (QED) is 0.227. The molecule has 4 rings (SSSR count). The predicted molar refractivity (Wildman–Crippen MR) is 150 cm³/mol. The van der Waals surface area contributed by atoms with Gasteiger partial charge in [0.1, 0.15) is 6.61 Å². The van der Waals surface area contributed by atoms with Gasteiger partial charge in [0.15, 0.2) is 16.6 Å². The monoisotopic (exact) mass is 576 g/mol. The lowest BCUT2D eigenvalue weighted by atomic mass is 9.92. The molecular formula is C27H23Cl3N2O4S. The van der Waals surface area contributed by atoms with Crippen LogP contribution in [0.5, 0.6) is 11.5 Å². The Morgan fingerprint density at radius 2 is 1.70 bits per heavy atom. The zero-order chi connectivity index (χ0) is 26.5. The van der Waals surface area contributed by atoms with Crippen molar-refractivity contribution in [1.29, 1.82) is 0 Å². The maximum Gasteiger partial charge on any atom is 0.338 e. The van der Waals surface area contributed by atoms with E-state index < -0.39 is 12.0 Å². The Hall–Kier alpha value is -2.97. The van der Waals surface area contributed by atoms with Crippen LogP contribution < -0.4 is 20.1 Å². The van der Waals surface area contributed by atoms with Crippen molar-refractivity contribution in [2.24, 2.45) is 0 Å². The molecule has 0 fully saturated rings. The van der Waals surface area contributed by atoms with Crippen molar-refractivity contribution in [2.45, 2.75) is 19.6 Å². The number of rotatable bonds is 8. The first-order valence-electron chi connectivity index (χ1n) is 11.3. The van der Waals surface area contributed by atoms with Crippen LogP contribution in [0.3, 0.4) is 0 Å². The SMILES string of the molecule is CCOc1cc([C@@H]2NC(=S)NC(c3ccc(Cl)cc3)=C2C(=O)OC)ccc1OCc1ccc(Cl)c(Cl)c1. The van der Waals surface area contributed by atoms with Crippen LogP contribution >= 0.6 is 47.0 Å². The van der Waals surface area contributed by atoms with E-state index in [1.54, 1.807) is 30.3 Å². The van der Waals surface area contributed by atoms with Gasteiger partial charge < -0.3 is 24.8 Å². The van der Waals surface area contributed by atoms with E-state index in [1.807, 2.05) is 37.3 Å². The van der Waals surface area contributed by atoms with Gasteiger partial charge in [-0.3, -0.25) is 0 Å². The Morgan fingerprint density at radius 3 is 2.38 bits per heavy atom. The Kier molecular flexibility index (Phi) is 8.82. The molecule has 37 heavy (non-hydrogen) atoms. The van der Waals surface area contributed by atoms with E-state index in [0.29, 0.717) is 49.6 Å². The fourth-order valence-electron chi connectivity index (χ4n) is 3.87. The summed E-state index contributed by atoms with van der Waals surface area (Å²) in [5, 5.41) is 8.14. The number of hydrogen-bond donors (Lipinski definition) is 2. The number of halogens is 3. The van der Waals surface area contributed by atoms with E-state index in [0.717, 1.165) is 16.7 Å². The summed E-state index contributed by atoms with van der Waals surface area (Å²) in [5.74, 6) is 0.550. The molecule has 0 unspecified atom stereocenters. The molecule has 0 aromatic heterocycles. The summed E-state index contributed by atoms with van der Waals surface area (Å²) < 4.78 is 17.0. The number of thiocarbonyl (C=S) groups is 1. The molecule has 1 heterocycles. The number of carbonyl (C=O) groups is 1. The van der Waals surface area contributed by atoms with Gasteiger partial charge in [-0.15, -0.1) is 0 Å². The van der Waals surface area contributed by atoms with Crippen LogP contribution in [0.15, 0.2) is 66.2 Å². The fraction of sp³-hybridized carbons (Fsp3) is 0.185. The molecule has 3 aromatic rings. The van der Waals surface area contributed by atoms with Crippen molar-refractivity contribution in [1.82, 2.24) is 10.6 Å². The smallest absolute Gasteiger partial charge is 0.338 e. The van der Waals surface area contributed by atoms with Crippen molar-refractivity contribution in [3.05, 3.63) is 98.0 Å². The first-order valence-corrected chi connectivity index (χ1v) is 12.8. The maximum absolute atomic E-state index is 13.0. The van der Waals surface area contributed by atoms with E-state index >= 15 is 0 Å². The normalized spacial score (nSPS) is 15.1. The van der Waals surface area contributed by atoms with Gasteiger partial charge in [0.2, 0.25) is 0 Å². The molecule has 0 aliphatic carbocycles. The first kappa shape index (κ1) is 27.1. The molecule has 0 amide bonds. The second kappa shape index (κ2) is 12.0. The second-order valence-corrected chi connectivity index (χ2v) is 9.65. The molecule has 1 atom stereocenters. The maximum atomic E-state index is 13.0. The highest BCUT2D eigenvalue weighted by atomic mass is 35.5. The molecule has 6 nitrogen and oxygen atoms in total. The van der Waals surface area contributed by atoms with E-state index in [9.17, 15) is 4.79 Å². The van der Waals surface area contributed by atoms with Crippen molar-refractivity contribution in [3.8, 4) is 11.5 Å². The third-order valence-electron chi connectivity index (χ3n) is 5.59. The molecule has 0 saturated carbocycles. The first-order chi connectivity index (χ1) is 17.8. The number of esters is 1. The highest BCUT2D eigenvalue weighted by molar-refractivity contribution is 7.80. The predicted octanol–water partition coefficient (Wildman–Crippen LogP) is 6.73. The molecule has 0 saturated heterocycles. The molecule has 10 heteroatoms. The highest BCUT2D eigenvalue weighted by Gasteiger charge is 2.33. The molecule has 3 aromatic carbocycles. The molecule has 0 spiro atoms. The summed E-state index contributed by atoms with van der Waals surface area (Å²) in [5.41, 5.74) is 3.24. The number of carbonyl (C=O) groups excluding carboxylic acids is 1. The number of ether oxygens (including phenoxy) is 3.